The molecule has 0 saturated carbocycles. The highest BCUT2D eigenvalue weighted by Crippen LogP contribution is 2.26. The second kappa shape index (κ2) is 11.3. The molecule has 1 N–H and O–H groups in total. The van der Waals surface area contributed by atoms with Crippen LogP contribution in [0.3, 0.4) is 0 Å². The van der Waals surface area contributed by atoms with Crippen LogP contribution < -0.4 is 10.1 Å². The number of carbonyl (C=O) groups excluding carboxylic acids is 2. The summed E-state index contributed by atoms with van der Waals surface area (Å²) in [6.45, 7) is 0.631. The molecule has 0 aliphatic rings. The molecule has 1 amide bonds. The summed E-state index contributed by atoms with van der Waals surface area (Å²) in [5.41, 5.74) is 3.59. The van der Waals surface area contributed by atoms with Crippen molar-refractivity contribution in [3.63, 3.8) is 0 Å². The lowest BCUT2D eigenvalue weighted by Crippen LogP contribution is -2.24. The summed E-state index contributed by atoms with van der Waals surface area (Å²) in [5, 5.41) is 4.38. The molecule has 0 fully saturated rings. The normalized spacial score (nSPS) is 10.9. The van der Waals surface area contributed by atoms with E-state index in [2.05, 4.69) is 15.0 Å². The fourth-order valence-corrected chi connectivity index (χ4v) is 3.56. The van der Waals surface area contributed by atoms with Gasteiger partial charge in [0.1, 0.15) is 18.1 Å². The van der Waals surface area contributed by atoms with Crippen LogP contribution in [0, 0.1) is 0 Å². The second-order valence-corrected chi connectivity index (χ2v) is 8.16. The third kappa shape index (κ3) is 6.46. The van der Waals surface area contributed by atoms with Crippen LogP contribution in [0.2, 0.25) is 5.02 Å². The average molecular weight is 487 g/mol. The molecule has 6 nitrogen and oxygen atoms in total. The Bertz CT molecular complexity index is 1380. The van der Waals surface area contributed by atoms with E-state index in [9.17, 15) is 9.59 Å². The standard InChI is InChI=1S/C28H23ClN2O4/c1-34-27(32)14-11-19-5-4-6-21(15-19)17-30-28(33)25-16-26(23-7-2-3-8-24(23)31-25)35-18-20-9-12-22(29)13-10-20/h2-16H,17-18H2,1H3,(H,30,33)/b14-11+. The van der Waals surface area contributed by atoms with Crippen LogP contribution in [-0.4, -0.2) is 24.0 Å². The first kappa shape index (κ1) is 24.0. The lowest BCUT2D eigenvalue weighted by atomic mass is 10.1. The molecule has 0 spiro atoms. The van der Waals surface area contributed by atoms with Crippen molar-refractivity contribution in [1.82, 2.24) is 10.3 Å². The Hall–Kier alpha value is -4.16. The monoisotopic (exact) mass is 486 g/mol. The minimum absolute atomic E-state index is 0.261. The highest BCUT2D eigenvalue weighted by atomic mass is 35.5. The largest absolute Gasteiger partial charge is 0.488 e. The van der Waals surface area contributed by atoms with E-state index in [-0.39, 0.29) is 11.6 Å². The number of ether oxygens (including phenoxy) is 2. The maximum atomic E-state index is 12.9. The fourth-order valence-electron chi connectivity index (χ4n) is 3.43. The average Bonchev–Trinajstić information content (AvgIpc) is 2.90. The van der Waals surface area contributed by atoms with Gasteiger partial charge in [-0.3, -0.25) is 4.79 Å². The summed E-state index contributed by atoms with van der Waals surface area (Å²) in [6.07, 6.45) is 3.01. The van der Waals surface area contributed by atoms with Crippen molar-refractivity contribution >= 4 is 40.5 Å². The van der Waals surface area contributed by atoms with Crippen molar-refractivity contribution in [1.29, 1.82) is 0 Å². The Morgan fingerprint density at radius 2 is 1.77 bits per heavy atom. The Morgan fingerprint density at radius 3 is 2.57 bits per heavy atom. The fraction of sp³-hybridized carbons (Fsp3) is 0.107. The van der Waals surface area contributed by atoms with Crippen molar-refractivity contribution in [3.8, 4) is 5.75 Å². The number of amides is 1. The van der Waals surface area contributed by atoms with Gasteiger partial charge in [0.25, 0.3) is 5.91 Å². The van der Waals surface area contributed by atoms with E-state index in [1.54, 1.807) is 12.1 Å². The van der Waals surface area contributed by atoms with Crippen molar-refractivity contribution in [2.45, 2.75) is 13.2 Å². The van der Waals surface area contributed by atoms with Crippen molar-refractivity contribution in [2.24, 2.45) is 0 Å². The molecule has 1 aromatic heterocycles. The number of rotatable bonds is 8. The number of nitrogens with one attached hydrogen (secondary N) is 1. The van der Waals surface area contributed by atoms with Crippen molar-refractivity contribution in [2.75, 3.05) is 7.11 Å². The molecule has 0 atom stereocenters. The number of aromatic nitrogens is 1. The third-order valence-electron chi connectivity index (χ3n) is 5.24. The number of hydrogen-bond acceptors (Lipinski definition) is 5. The zero-order valence-corrected chi connectivity index (χ0v) is 19.8. The summed E-state index contributed by atoms with van der Waals surface area (Å²) in [5.74, 6) is -0.173. The smallest absolute Gasteiger partial charge is 0.330 e. The van der Waals surface area contributed by atoms with Gasteiger partial charge in [-0.1, -0.05) is 54.1 Å². The number of carbonyl (C=O) groups is 2. The first-order valence-corrected chi connectivity index (χ1v) is 11.3. The molecular formula is C28H23ClN2O4. The van der Waals surface area contributed by atoms with Gasteiger partial charge in [-0.2, -0.15) is 0 Å². The van der Waals surface area contributed by atoms with E-state index in [0.29, 0.717) is 29.4 Å². The molecule has 0 aliphatic carbocycles. The number of hydrogen-bond donors (Lipinski definition) is 1. The number of benzene rings is 3. The van der Waals surface area contributed by atoms with Gasteiger partial charge in [0.05, 0.1) is 12.6 Å². The molecule has 0 unspecified atom stereocenters. The highest BCUT2D eigenvalue weighted by molar-refractivity contribution is 6.30. The molecule has 0 saturated heterocycles. The number of methoxy groups -OCH3 is 1. The van der Waals surface area contributed by atoms with Gasteiger partial charge in [0, 0.05) is 29.1 Å². The maximum absolute atomic E-state index is 12.9. The predicted molar refractivity (Wildman–Crippen MR) is 136 cm³/mol. The molecule has 4 aromatic rings. The zero-order chi connectivity index (χ0) is 24.6. The molecule has 0 radical (unpaired) electrons. The Labute approximate surface area is 208 Å². The van der Waals surface area contributed by atoms with Gasteiger partial charge in [-0.05, 0) is 53.1 Å². The lowest BCUT2D eigenvalue weighted by molar-refractivity contribution is -0.134. The van der Waals surface area contributed by atoms with Gasteiger partial charge < -0.3 is 14.8 Å². The van der Waals surface area contributed by atoms with E-state index in [1.165, 1.54) is 13.2 Å². The SMILES string of the molecule is COC(=O)/C=C/c1cccc(CNC(=O)c2cc(OCc3ccc(Cl)cc3)c3ccccc3n2)c1. The Balaban J connectivity index is 1.49. The first-order valence-electron chi connectivity index (χ1n) is 10.9. The number of fused-ring (bicyclic) bond motifs is 1. The molecule has 176 valence electrons. The molecule has 4 rings (SSSR count). The summed E-state index contributed by atoms with van der Waals surface area (Å²) in [7, 11) is 1.33. The topological polar surface area (TPSA) is 77.5 Å². The van der Waals surface area contributed by atoms with Gasteiger partial charge in [-0.25, -0.2) is 9.78 Å². The van der Waals surface area contributed by atoms with Gasteiger partial charge in [-0.15, -0.1) is 0 Å². The van der Waals surface area contributed by atoms with Gasteiger partial charge in [0.2, 0.25) is 0 Å². The van der Waals surface area contributed by atoms with E-state index in [1.807, 2.05) is 72.8 Å². The summed E-state index contributed by atoms with van der Waals surface area (Å²) in [6, 6.07) is 24.1. The minimum atomic E-state index is -0.430. The zero-order valence-electron chi connectivity index (χ0n) is 19.0. The van der Waals surface area contributed by atoms with Crippen LogP contribution in [0.15, 0.2) is 84.9 Å². The molecule has 7 heteroatoms. The number of pyridine rings is 1. The summed E-state index contributed by atoms with van der Waals surface area (Å²) in [4.78, 5) is 28.8. The molecule has 0 aliphatic heterocycles. The molecule has 3 aromatic carbocycles. The molecule has 0 bridgehead atoms. The quantitative estimate of drug-likeness (QED) is 0.260. The van der Waals surface area contributed by atoms with E-state index in [4.69, 9.17) is 16.3 Å². The van der Waals surface area contributed by atoms with Crippen LogP contribution in [0.4, 0.5) is 0 Å². The Morgan fingerprint density at radius 1 is 0.971 bits per heavy atom. The Kier molecular flexibility index (Phi) is 7.75. The van der Waals surface area contributed by atoms with Crippen molar-refractivity contribution < 1.29 is 19.1 Å². The first-order chi connectivity index (χ1) is 17.0. The summed E-state index contributed by atoms with van der Waals surface area (Å²) < 4.78 is 10.7. The third-order valence-corrected chi connectivity index (χ3v) is 5.49. The predicted octanol–water partition coefficient (Wildman–Crippen LogP) is 5.58. The number of para-hydroxylation sites is 1. The molecule has 35 heavy (non-hydrogen) atoms. The second-order valence-electron chi connectivity index (χ2n) is 7.72. The lowest BCUT2D eigenvalue weighted by Gasteiger charge is -2.12. The van der Waals surface area contributed by atoms with Crippen LogP contribution in [-0.2, 0) is 22.7 Å². The molecular weight excluding hydrogens is 464 g/mol. The highest BCUT2D eigenvalue weighted by Gasteiger charge is 2.13. The van der Waals surface area contributed by atoms with Gasteiger partial charge in [0.15, 0.2) is 0 Å². The number of nitrogens with zero attached hydrogens (tertiary/aromatic N) is 1. The van der Waals surface area contributed by atoms with Crippen LogP contribution >= 0.6 is 11.6 Å². The maximum Gasteiger partial charge on any atom is 0.330 e. The van der Waals surface area contributed by atoms with Gasteiger partial charge >= 0.3 is 5.97 Å². The van der Waals surface area contributed by atoms with Crippen LogP contribution in [0.25, 0.3) is 17.0 Å². The van der Waals surface area contributed by atoms with E-state index >= 15 is 0 Å². The van der Waals surface area contributed by atoms with E-state index < -0.39 is 5.97 Å². The van der Waals surface area contributed by atoms with Crippen LogP contribution in [0.1, 0.15) is 27.2 Å². The van der Waals surface area contributed by atoms with Crippen LogP contribution in [0.5, 0.6) is 5.75 Å². The number of esters is 1. The molecule has 1 heterocycles. The summed E-state index contributed by atoms with van der Waals surface area (Å²) >= 11 is 5.96. The minimum Gasteiger partial charge on any atom is -0.488 e. The number of halogens is 1. The van der Waals surface area contributed by atoms with E-state index in [0.717, 1.165) is 22.1 Å². The van der Waals surface area contributed by atoms with Crippen molar-refractivity contribution in [3.05, 3.63) is 112 Å².